The first-order chi connectivity index (χ1) is 21.6. The van der Waals surface area contributed by atoms with Gasteiger partial charge in [0.2, 0.25) is 0 Å². The fourth-order valence-corrected chi connectivity index (χ4v) is 4.74. The molecule has 0 aliphatic carbocycles. The molecule has 0 saturated heterocycles. The lowest BCUT2D eigenvalue weighted by Gasteiger charge is -2.25. The topological polar surface area (TPSA) is 27.3 Å². The Morgan fingerprint density at radius 2 is 1.27 bits per heavy atom. The van der Waals surface area contributed by atoms with Gasteiger partial charge in [0.05, 0.1) is 0 Å². The molecule has 0 saturated carbocycles. The van der Waals surface area contributed by atoms with Crippen LogP contribution in [0.5, 0.6) is 0 Å². The van der Waals surface area contributed by atoms with E-state index in [1.807, 2.05) is 0 Å². The van der Waals surface area contributed by atoms with Gasteiger partial charge < -0.3 is 15.5 Å². The van der Waals surface area contributed by atoms with Crippen LogP contribution in [-0.2, 0) is 0 Å². The molecule has 0 aliphatic rings. The second-order valence-electron chi connectivity index (χ2n) is 12.1. The smallest absolute Gasteiger partial charge is 0.0420 e. The molecule has 3 nitrogen and oxygen atoms in total. The van der Waals surface area contributed by atoms with Crippen LogP contribution >= 0.6 is 0 Å². The van der Waals surface area contributed by atoms with Gasteiger partial charge in [0, 0.05) is 42.4 Å². The zero-order chi connectivity index (χ0) is 33.6. The van der Waals surface area contributed by atoms with Gasteiger partial charge in [-0.15, -0.1) is 6.58 Å². The lowest BCUT2D eigenvalue weighted by Crippen LogP contribution is -2.25. The van der Waals surface area contributed by atoms with E-state index in [1.165, 1.54) is 79.6 Å². The number of nitrogens with zero attached hydrogens (tertiary/aromatic N) is 1. The van der Waals surface area contributed by atoms with Crippen LogP contribution in [0.15, 0.2) is 92.0 Å². The normalized spacial score (nSPS) is 10.0. The molecule has 45 heavy (non-hydrogen) atoms. The minimum absolute atomic E-state index is 0.903. The number of aryl methyl sites for hydroxylation is 3. The maximum atomic E-state index is 4.18. The summed E-state index contributed by atoms with van der Waals surface area (Å²) in [4.78, 5) is 2.48. The summed E-state index contributed by atoms with van der Waals surface area (Å²) in [5.41, 5.74) is 11.7. The maximum absolute atomic E-state index is 4.18. The van der Waals surface area contributed by atoms with Gasteiger partial charge in [0.1, 0.15) is 0 Å². The molecule has 0 amide bonds. The van der Waals surface area contributed by atoms with Crippen LogP contribution in [0.3, 0.4) is 0 Å². The first kappa shape index (κ1) is 39.3. The minimum atomic E-state index is 0.903. The Bertz CT molecular complexity index is 1280. The molecule has 0 radical (unpaired) electrons. The van der Waals surface area contributed by atoms with Crippen LogP contribution in [0.4, 0.5) is 11.4 Å². The Hall–Kier alpha value is -3.72. The third-order valence-corrected chi connectivity index (χ3v) is 7.54. The first-order valence-electron chi connectivity index (χ1n) is 17.1. The van der Waals surface area contributed by atoms with Crippen molar-refractivity contribution in [2.45, 2.75) is 100 Å². The number of hydrogen-bond donors (Lipinski definition) is 2. The number of hydrogen-bond acceptors (Lipinski definition) is 3. The predicted molar refractivity (Wildman–Crippen MR) is 205 cm³/mol. The predicted octanol–water partition coefficient (Wildman–Crippen LogP) is 12.1. The van der Waals surface area contributed by atoms with Gasteiger partial charge in [-0.3, -0.25) is 0 Å². The van der Waals surface area contributed by atoms with Gasteiger partial charge in [-0.1, -0.05) is 119 Å². The average molecular weight is 610 g/mol. The minimum Gasteiger partial charge on any atom is -0.385 e. The second-order valence-corrected chi connectivity index (χ2v) is 12.1. The summed E-state index contributed by atoms with van der Waals surface area (Å²) >= 11 is 0. The maximum Gasteiger partial charge on any atom is 0.0420 e. The molecule has 0 heterocycles. The van der Waals surface area contributed by atoms with Crippen molar-refractivity contribution in [3.63, 3.8) is 0 Å². The van der Waals surface area contributed by atoms with E-state index in [0.29, 0.717) is 0 Å². The van der Waals surface area contributed by atoms with E-state index in [-0.39, 0.29) is 0 Å². The third-order valence-electron chi connectivity index (χ3n) is 7.54. The molecule has 3 rings (SSSR count). The lowest BCUT2D eigenvalue weighted by atomic mass is 10.1. The molecule has 0 atom stereocenters. The molecule has 0 spiro atoms. The zero-order valence-electron chi connectivity index (χ0n) is 30.0. The summed E-state index contributed by atoms with van der Waals surface area (Å²) < 4.78 is 0. The summed E-state index contributed by atoms with van der Waals surface area (Å²) in [5.74, 6) is 0. The fourth-order valence-electron chi connectivity index (χ4n) is 4.74. The van der Waals surface area contributed by atoms with Crippen molar-refractivity contribution >= 4 is 22.8 Å². The van der Waals surface area contributed by atoms with E-state index in [0.717, 1.165) is 41.2 Å². The molecule has 3 aromatic carbocycles. The lowest BCUT2D eigenvalue weighted by molar-refractivity contribution is 0.743. The Morgan fingerprint density at radius 3 is 1.80 bits per heavy atom. The number of anilines is 2. The van der Waals surface area contributed by atoms with E-state index in [2.05, 4.69) is 157 Å². The molecule has 246 valence electrons. The first-order valence-corrected chi connectivity index (χ1v) is 17.1. The number of para-hydroxylation sites is 1. The Kier molecular flexibility index (Phi) is 19.9. The van der Waals surface area contributed by atoms with E-state index in [4.69, 9.17) is 0 Å². The molecule has 0 bridgehead atoms. The standard InChI is InChI=1S/C22H28N2.C13H21N.C7H14/c1-6-7-14-23-18(4)21-13-10-17(3)22(15-21)24-19(5)20-11-8-16(2)9-12-20;1-4-10-14(11-5-2)13-9-7-6-8-12(13)3;1-4-5-6-7(2)3/h8-13,15,23-24H,4-7,14H2,1-3H3;6-9H,4-5,10-11H2,1-3H3;2,4-6H2,1,3H3. The van der Waals surface area contributed by atoms with Gasteiger partial charge in [-0.25, -0.2) is 0 Å². The van der Waals surface area contributed by atoms with Crippen LogP contribution in [0.2, 0.25) is 0 Å². The van der Waals surface area contributed by atoms with Crippen molar-refractivity contribution in [2.24, 2.45) is 0 Å². The second kappa shape index (κ2) is 22.7. The monoisotopic (exact) mass is 610 g/mol. The fraction of sp³-hybridized carbons (Fsp3) is 0.429. The van der Waals surface area contributed by atoms with Crippen LogP contribution < -0.4 is 15.5 Å². The van der Waals surface area contributed by atoms with Crippen LogP contribution in [-0.4, -0.2) is 19.6 Å². The van der Waals surface area contributed by atoms with Crippen molar-refractivity contribution in [1.29, 1.82) is 0 Å². The highest BCUT2D eigenvalue weighted by atomic mass is 15.1. The number of rotatable bonds is 16. The molecule has 0 unspecified atom stereocenters. The number of benzene rings is 3. The van der Waals surface area contributed by atoms with Gasteiger partial charge in [0.15, 0.2) is 0 Å². The van der Waals surface area contributed by atoms with E-state index < -0.39 is 0 Å². The van der Waals surface area contributed by atoms with Crippen molar-refractivity contribution in [2.75, 3.05) is 29.9 Å². The Balaban J connectivity index is 0.000000405. The van der Waals surface area contributed by atoms with Crippen molar-refractivity contribution in [3.8, 4) is 0 Å². The molecule has 3 heteroatoms. The van der Waals surface area contributed by atoms with Gasteiger partial charge in [-0.05, 0) is 94.2 Å². The van der Waals surface area contributed by atoms with Crippen LogP contribution in [0, 0.1) is 20.8 Å². The number of nitrogens with one attached hydrogen (secondary N) is 2. The average Bonchev–Trinajstić information content (AvgIpc) is 3.02. The summed E-state index contributed by atoms with van der Waals surface area (Å²) in [6, 6.07) is 23.4. The molecular formula is C42H63N3. The summed E-state index contributed by atoms with van der Waals surface area (Å²) in [6.07, 6.45) is 8.55. The third kappa shape index (κ3) is 15.7. The Labute approximate surface area is 277 Å². The highest BCUT2D eigenvalue weighted by Gasteiger charge is 2.07. The molecule has 0 fully saturated rings. The van der Waals surface area contributed by atoms with Crippen molar-refractivity contribution < 1.29 is 0 Å². The van der Waals surface area contributed by atoms with E-state index in [1.54, 1.807) is 0 Å². The van der Waals surface area contributed by atoms with E-state index >= 15 is 0 Å². The molecule has 0 aliphatic heterocycles. The van der Waals surface area contributed by atoms with Crippen molar-refractivity contribution in [3.05, 3.63) is 120 Å². The highest BCUT2D eigenvalue weighted by molar-refractivity contribution is 5.78. The van der Waals surface area contributed by atoms with Crippen LogP contribution in [0.1, 0.15) is 107 Å². The van der Waals surface area contributed by atoms with Gasteiger partial charge in [0.25, 0.3) is 0 Å². The van der Waals surface area contributed by atoms with Crippen LogP contribution in [0.25, 0.3) is 11.4 Å². The quantitative estimate of drug-likeness (QED) is 0.125. The molecular weight excluding hydrogens is 546 g/mol. The van der Waals surface area contributed by atoms with E-state index in [9.17, 15) is 0 Å². The molecule has 3 aromatic rings. The largest absolute Gasteiger partial charge is 0.385 e. The summed E-state index contributed by atoms with van der Waals surface area (Å²) in [5, 5.41) is 6.84. The van der Waals surface area contributed by atoms with Gasteiger partial charge >= 0.3 is 0 Å². The summed E-state index contributed by atoms with van der Waals surface area (Å²) in [7, 11) is 0. The molecule has 2 N–H and O–H groups in total. The SMILES string of the molecule is C=C(C)CCCC.C=C(NCCCC)c1ccc(C)c(NC(=C)c2ccc(C)cc2)c1.CCCN(CCC)c1ccccc1C. The number of unbranched alkanes of at least 4 members (excludes halogenated alkanes) is 2. The highest BCUT2D eigenvalue weighted by Crippen LogP contribution is 2.24. The number of allylic oxidation sites excluding steroid dienone is 1. The molecule has 0 aromatic heterocycles. The van der Waals surface area contributed by atoms with Gasteiger partial charge in [-0.2, -0.15) is 0 Å². The summed E-state index contributed by atoms with van der Waals surface area (Å²) in [6.45, 7) is 32.7. The van der Waals surface area contributed by atoms with Crippen molar-refractivity contribution in [1.82, 2.24) is 5.32 Å². The Morgan fingerprint density at radius 1 is 0.667 bits per heavy atom. The zero-order valence-corrected chi connectivity index (χ0v) is 30.0.